The van der Waals surface area contributed by atoms with Crippen molar-refractivity contribution in [3.63, 3.8) is 0 Å². The van der Waals surface area contributed by atoms with E-state index in [-0.39, 0.29) is 0 Å². The van der Waals surface area contributed by atoms with Gasteiger partial charge in [0.25, 0.3) is 0 Å². The maximum atomic E-state index is 5.80. The third kappa shape index (κ3) is 2.22. The van der Waals surface area contributed by atoms with E-state index < -0.39 is 0 Å². The van der Waals surface area contributed by atoms with Crippen molar-refractivity contribution >= 4 is 45.0 Å². The number of halogens is 1. The van der Waals surface area contributed by atoms with Crippen molar-refractivity contribution in [2.45, 2.75) is 0 Å². The lowest BCUT2D eigenvalue weighted by molar-refractivity contribution is 1.69. The smallest absolute Gasteiger partial charge is 0.0394 e. The molecule has 14 heavy (non-hydrogen) atoms. The van der Waals surface area contributed by atoms with Gasteiger partial charge in [0.05, 0.1) is 0 Å². The zero-order chi connectivity index (χ0) is 10.6. The second-order valence-corrected chi connectivity index (χ2v) is 3.54. The van der Waals surface area contributed by atoms with Gasteiger partial charge >= 0.3 is 0 Å². The predicted molar refractivity (Wildman–Crippen MR) is 71.0 cm³/mol. The van der Waals surface area contributed by atoms with Gasteiger partial charge in [-0.15, -0.1) is 0 Å². The minimum absolute atomic E-state index is 0.828. The van der Waals surface area contributed by atoms with Crippen LogP contribution in [0.5, 0.6) is 0 Å². The minimum atomic E-state index is 0.828. The molecule has 0 amide bonds. The van der Waals surface area contributed by atoms with Crippen LogP contribution in [0.1, 0.15) is 0 Å². The summed E-state index contributed by atoms with van der Waals surface area (Å²) >= 11 is 7.00. The largest absolute Gasteiger partial charge is 0.398 e. The molecular formula is C11H12BrNS. The zero-order valence-electron chi connectivity index (χ0n) is 7.87. The number of benzene rings is 2. The van der Waals surface area contributed by atoms with E-state index in [9.17, 15) is 0 Å². The molecule has 2 aromatic rings. The van der Waals surface area contributed by atoms with Gasteiger partial charge in [0, 0.05) is 15.5 Å². The normalized spacial score (nSPS) is 9.36. The first-order valence-electron chi connectivity index (χ1n) is 4.16. The van der Waals surface area contributed by atoms with Crippen molar-refractivity contribution in [2.24, 2.45) is 0 Å². The van der Waals surface area contributed by atoms with Gasteiger partial charge in [0.2, 0.25) is 0 Å². The first-order valence-corrected chi connectivity index (χ1v) is 5.85. The van der Waals surface area contributed by atoms with Crippen LogP contribution < -0.4 is 5.73 Å². The number of rotatable bonds is 0. The Morgan fingerprint density at radius 2 is 1.57 bits per heavy atom. The van der Waals surface area contributed by atoms with E-state index in [1.54, 1.807) is 6.26 Å². The minimum Gasteiger partial charge on any atom is -0.398 e. The Morgan fingerprint density at radius 3 is 2.14 bits per heavy atom. The summed E-state index contributed by atoms with van der Waals surface area (Å²) in [6.07, 6.45) is 1.69. The summed E-state index contributed by atoms with van der Waals surface area (Å²) in [6, 6.07) is 12.0. The van der Waals surface area contributed by atoms with Gasteiger partial charge in [-0.25, -0.2) is 0 Å². The van der Waals surface area contributed by atoms with Crippen LogP contribution >= 0.6 is 28.6 Å². The molecule has 0 spiro atoms. The second kappa shape index (κ2) is 5.27. The molecule has 74 valence electrons. The maximum Gasteiger partial charge on any atom is 0.0394 e. The molecule has 0 bridgehead atoms. The molecule has 0 saturated heterocycles. The molecule has 0 fully saturated rings. The van der Waals surface area contributed by atoms with Gasteiger partial charge in [0.1, 0.15) is 0 Å². The third-order valence-corrected chi connectivity index (χ3v) is 2.60. The molecule has 0 aromatic heterocycles. The van der Waals surface area contributed by atoms with Crippen molar-refractivity contribution in [1.29, 1.82) is 0 Å². The highest BCUT2D eigenvalue weighted by Gasteiger charge is 1.99. The summed E-state index contributed by atoms with van der Waals surface area (Å²) in [6.45, 7) is 0. The fraction of sp³-hybridized carbons (Fsp3) is 0.0909. The Labute approximate surface area is 97.8 Å². The monoisotopic (exact) mass is 269 g/mol. The van der Waals surface area contributed by atoms with E-state index >= 15 is 0 Å². The summed E-state index contributed by atoms with van der Waals surface area (Å²) in [7, 11) is 0. The Hall–Kier alpha value is -0.670. The lowest BCUT2D eigenvalue weighted by Gasteiger charge is -2.02. The Kier molecular flexibility index (Phi) is 4.29. The molecule has 2 N–H and O–H groups in total. The molecule has 0 aliphatic rings. The van der Waals surface area contributed by atoms with E-state index in [2.05, 4.69) is 34.6 Å². The van der Waals surface area contributed by atoms with Gasteiger partial charge < -0.3 is 5.73 Å². The number of fused-ring (bicyclic) bond motifs is 1. The van der Waals surface area contributed by atoms with Crippen LogP contribution in [0.25, 0.3) is 10.8 Å². The van der Waals surface area contributed by atoms with Crippen LogP contribution in [-0.4, -0.2) is 6.26 Å². The fourth-order valence-corrected chi connectivity index (χ4v) is 1.76. The number of anilines is 1. The number of nitrogen functional groups attached to an aromatic ring is 1. The Bertz CT molecular complexity index is 388. The highest BCUT2D eigenvalue weighted by atomic mass is 79.9. The Morgan fingerprint density at radius 1 is 1.00 bits per heavy atom. The lowest BCUT2D eigenvalue weighted by atomic mass is 10.1. The first-order chi connectivity index (χ1) is 6.79. The molecule has 0 aliphatic carbocycles. The molecule has 0 saturated carbocycles. The van der Waals surface area contributed by atoms with Crippen molar-refractivity contribution < 1.29 is 0 Å². The van der Waals surface area contributed by atoms with E-state index in [4.69, 9.17) is 5.73 Å². The maximum absolute atomic E-state index is 5.80. The average Bonchev–Trinajstić information content (AvgIpc) is 2.27. The molecule has 0 radical (unpaired) electrons. The van der Waals surface area contributed by atoms with Gasteiger partial charge in [-0.2, -0.15) is 12.6 Å². The van der Waals surface area contributed by atoms with Gasteiger partial charge in [-0.05, 0) is 23.8 Å². The van der Waals surface area contributed by atoms with Gasteiger partial charge in [-0.1, -0.05) is 40.2 Å². The van der Waals surface area contributed by atoms with Crippen LogP contribution in [-0.2, 0) is 0 Å². The molecule has 0 heterocycles. The van der Waals surface area contributed by atoms with E-state index in [1.165, 1.54) is 0 Å². The van der Waals surface area contributed by atoms with Crippen molar-refractivity contribution in [3.8, 4) is 0 Å². The van der Waals surface area contributed by atoms with Crippen molar-refractivity contribution in [1.82, 2.24) is 0 Å². The highest BCUT2D eigenvalue weighted by molar-refractivity contribution is 9.10. The molecule has 3 heteroatoms. The van der Waals surface area contributed by atoms with Crippen molar-refractivity contribution in [3.05, 3.63) is 40.9 Å². The van der Waals surface area contributed by atoms with Crippen LogP contribution in [0.15, 0.2) is 40.9 Å². The number of thiol groups is 1. The molecule has 2 aromatic carbocycles. The summed E-state index contributed by atoms with van der Waals surface area (Å²) in [5.74, 6) is 0. The zero-order valence-corrected chi connectivity index (χ0v) is 10.3. The first kappa shape index (κ1) is 11.4. The van der Waals surface area contributed by atoms with Crippen LogP contribution in [0, 0.1) is 0 Å². The fourth-order valence-electron chi connectivity index (χ4n) is 1.29. The van der Waals surface area contributed by atoms with Crippen molar-refractivity contribution in [2.75, 3.05) is 12.0 Å². The molecule has 0 atom stereocenters. The summed E-state index contributed by atoms with van der Waals surface area (Å²) < 4.78 is 1.09. The summed E-state index contributed by atoms with van der Waals surface area (Å²) in [4.78, 5) is 0. The molecule has 0 aliphatic heterocycles. The standard InChI is InChI=1S/C10H8BrN.CH4S/c11-9-5-6-10(12)8-4-2-1-3-7(8)9;1-2/h1-6H,12H2;2H,1H3. The quantitative estimate of drug-likeness (QED) is 0.553. The number of hydrogen-bond acceptors (Lipinski definition) is 2. The van der Waals surface area contributed by atoms with E-state index in [0.717, 1.165) is 20.9 Å². The average molecular weight is 270 g/mol. The van der Waals surface area contributed by atoms with E-state index in [1.807, 2.05) is 30.3 Å². The van der Waals surface area contributed by atoms with Crippen LogP contribution in [0.3, 0.4) is 0 Å². The predicted octanol–water partition coefficient (Wildman–Crippen LogP) is 3.73. The van der Waals surface area contributed by atoms with Crippen LogP contribution in [0.2, 0.25) is 0 Å². The second-order valence-electron chi connectivity index (χ2n) is 2.68. The van der Waals surface area contributed by atoms with Crippen LogP contribution in [0.4, 0.5) is 5.69 Å². The SMILES string of the molecule is CS.Nc1ccc(Br)c2ccccc12. The molecule has 2 rings (SSSR count). The number of nitrogens with two attached hydrogens (primary N) is 1. The summed E-state index contributed by atoms with van der Waals surface area (Å²) in [5.41, 5.74) is 6.63. The molecular weight excluding hydrogens is 258 g/mol. The number of hydrogen-bond donors (Lipinski definition) is 2. The van der Waals surface area contributed by atoms with Gasteiger partial charge in [0.15, 0.2) is 0 Å². The molecule has 1 nitrogen and oxygen atoms in total. The Balaban J connectivity index is 0.000000461. The lowest BCUT2D eigenvalue weighted by Crippen LogP contribution is -1.86. The van der Waals surface area contributed by atoms with E-state index in [0.29, 0.717) is 0 Å². The highest BCUT2D eigenvalue weighted by Crippen LogP contribution is 2.27. The third-order valence-electron chi connectivity index (χ3n) is 1.90. The summed E-state index contributed by atoms with van der Waals surface area (Å²) in [5, 5.41) is 2.27. The van der Waals surface area contributed by atoms with Gasteiger partial charge in [-0.3, -0.25) is 0 Å². The topological polar surface area (TPSA) is 26.0 Å². The molecule has 0 unspecified atom stereocenters.